The summed E-state index contributed by atoms with van der Waals surface area (Å²) in [6.07, 6.45) is 0.782. The summed E-state index contributed by atoms with van der Waals surface area (Å²) in [7, 11) is 0. The molecule has 0 radical (unpaired) electrons. The smallest absolute Gasteiger partial charge is 0.262 e. The molecule has 3 amide bonds. The molecular formula is C19H18N2O3. The SMILES string of the molecule is CCc1cccc(C)c1NC(=O)CN1C(=O)c2ccccc2C1=O. The van der Waals surface area contributed by atoms with Crippen LogP contribution in [0, 0.1) is 6.92 Å². The number of hydrogen-bond acceptors (Lipinski definition) is 3. The third-order valence-electron chi connectivity index (χ3n) is 4.18. The average molecular weight is 322 g/mol. The van der Waals surface area contributed by atoms with Crippen molar-refractivity contribution < 1.29 is 14.4 Å². The largest absolute Gasteiger partial charge is 0.324 e. The average Bonchev–Trinajstić information content (AvgIpc) is 2.82. The molecule has 2 aromatic carbocycles. The number of nitrogens with zero attached hydrogens (tertiary/aromatic N) is 1. The molecule has 3 rings (SSSR count). The normalized spacial score (nSPS) is 13.2. The van der Waals surface area contributed by atoms with Gasteiger partial charge in [-0.1, -0.05) is 37.3 Å². The maximum Gasteiger partial charge on any atom is 0.262 e. The zero-order chi connectivity index (χ0) is 17.3. The Kier molecular flexibility index (Phi) is 4.16. The Bertz CT molecular complexity index is 807. The molecule has 2 aromatic rings. The fraction of sp³-hybridized carbons (Fsp3) is 0.211. The molecule has 5 nitrogen and oxygen atoms in total. The van der Waals surface area contributed by atoms with Crippen LogP contribution >= 0.6 is 0 Å². The van der Waals surface area contributed by atoms with Gasteiger partial charge in [-0.15, -0.1) is 0 Å². The van der Waals surface area contributed by atoms with Gasteiger partial charge in [0.25, 0.3) is 11.8 Å². The summed E-state index contributed by atoms with van der Waals surface area (Å²) in [5, 5.41) is 2.84. The third kappa shape index (κ3) is 2.69. The highest BCUT2D eigenvalue weighted by Gasteiger charge is 2.36. The first-order chi connectivity index (χ1) is 11.5. The van der Waals surface area contributed by atoms with Crippen LogP contribution in [0.2, 0.25) is 0 Å². The number of amides is 3. The van der Waals surface area contributed by atoms with E-state index in [0.29, 0.717) is 11.1 Å². The fourth-order valence-electron chi connectivity index (χ4n) is 2.91. The number of para-hydroxylation sites is 1. The van der Waals surface area contributed by atoms with Crippen LogP contribution in [-0.2, 0) is 11.2 Å². The second-order valence-electron chi connectivity index (χ2n) is 5.75. The molecule has 1 heterocycles. The Morgan fingerprint density at radius 2 is 1.62 bits per heavy atom. The van der Waals surface area contributed by atoms with Crippen LogP contribution in [0.4, 0.5) is 5.69 Å². The van der Waals surface area contributed by atoms with E-state index < -0.39 is 11.8 Å². The zero-order valence-corrected chi connectivity index (χ0v) is 13.6. The molecule has 0 saturated heterocycles. The number of carbonyl (C=O) groups excluding carboxylic acids is 3. The van der Waals surface area contributed by atoms with Crippen molar-refractivity contribution in [1.82, 2.24) is 4.90 Å². The number of benzene rings is 2. The molecule has 1 aliphatic heterocycles. The Labute approximate surface area is 140 Å². The Morgan fingerprint density at radius 1 is 1.00 bits per heavy atom. The van der Waals surface area contributed by atoms with Gasteiger partial charge in [0.1, 0.15) is 6.54 Å². The molecule has 0 saturated carbocycles. The van der Waals surface area contributed by atoms with E-state index in [-0.39, 0.29) is 12.5 Å². The number of carbonyl (C=O) groups is 3. The zero-order valence-electron chi connectivity index (χ0n) is 13.6. The number of nitrogens with one attached hydrogen (secondary N) is 1. The quantitative estimate of drug-likeness (QED) is 0.880. The molecule has 0 aliphatic carbocycles. The second kappa shape index (κ2) is 6.28. The predicted octanol–water partition coefficient (Wildman–Crippen LogP) is 2.79. The number of aryl methyl sites for hydroxylation is 2. The summed E-state index contributed by atoms with van der Waals surface area (Å²) in [4.78, 5) is 38.0. The topological polar surface area (TPSA) is 66.5 Å². The van der Waals surface area contributed by atoms with Crippen LogP contribution in [0.5, 0.6) is 0 Å². The van der Waals surface area contributed by atoms with Crippen LogP contribution in [0.1, 0.15) is 38.8 Å². The van der Waals surface area contributed by atoms with Crippen molar-refractivity contribution in [3.05, 3.63) is 64.7 Å². The van der Waals surface area contributed by atoms with Crippen LogP contribution in [0.15, 0.2) is 42.5 Å². The molecule has 1 N–H and O–H groups in total. The molecule has 0 atom stereocenters. The summed E-state index contributed by atoms with van der Waals surface area (Å²) in [6.45, 7) is 3.63. The fourth-order valence-corrected chi connectivity index (χ4v) is 2.91. The van der Waals surface area contributed by atoms with Gasteiger partial charge in [-0.05, 0) is 36.6 Å². The van der Waals surface area contributed by atoms with Gasteiger partial charge in [-0.25, -0.2) is 0 Å². The van der Waals surface area contributed by atoms with E-state index in [2.05, 4.69) is 5.32 Å². The standard InChI is InChI=1S/C19H18N2O3/c1-3-13-8-6-7-12(2)17(13)20-16(22)11-21-18(23)14-9-4-5-10-15(14)19(21)24/h4-10H,3,11H2,1-2H3,(H,20,22). The third-order valence-corrected chi connectivity index (χ3v) is 4.18. The van der Waals surface area contributed by atoms with Gasteiger partial charge in [-0.2, -0.15) is 0 Å². The predicted molar refractivity (Wildman–Crippen MR) is 91.0 cm³/mol. The Morgan fingerprint density at radius 3 is 2.21 bits per heavy atom. The van der Waals surface area contributed by atoms with E-state index in [4.69, 9.17) is 0 Å². The molecular weight excluding hydrogens is 304 g/mol. The molecule has 0 fully saturated rings. The van der Waals surface area contributed by atoms with Crippen LogP contribution in [0.25, 0.3) is 0 Å². The molecule has 24 heavy (non-hydrogen) atoms. The lowest BCUT2D eigenvalue weighted by molar-refractivity contribution is -0.116. The van der Waals surface area contributed by atoms with Crippen molar-refractivity contribution >= 4 is 23.4 Å². The minimum Gasteiger partial charge on any atom is -0.324 e. The van der Waals surface area contributed by atoms with E-state index in [1.807, 2.05) is 32.0 Å². The summed E-state index contributed by atoms with van der Waals surface area (Å²) in [6, 6.07) is 12.4. The van der Waals surface area contributed by atoms with Gasteiger partial charge in [0, 0.05) is 5.69 Å². The number of rotatable bonds is 4. The van der Waals surface area contributed by atoms with E-state index in [0.717, 1.165) is 28.1 Å². The first-order valence-electron chi connectivity index (χ1n) is 7.86. The molecule has 1 aliphatic rings. The lowest BCUT2D eigenvalue weighted by atomic mass is 10.1. The summed E-state index contributed by atoms with van der Waals surface area (Å²) in [5.41, 5.74) is 3.42. The van der Waals surface area contributed by atoms with Gasteiger partial charge in [-0.3, -0.25) is 19.3 Å². The van der Waals surface area contributed by atoms with E-state index in [9.17, 15) is 14.4 Å². The number of imide groups is 1. The lowest BCUT2D eigenvalue weighted by Crippen LogP contribution is -2.37. The molecule has 0 aromatic heterocycles. The summed E-state index contributed by atoms with van der Waals surface area (Å²) >= 11 is 0. The van der Waals surface area contributed by atoms with Crippen molar-refractivity contribution in [2.45, 2.75) is 20.3 Å². The Hall–Kier alpha value is -2.95. The summed E-state index contributed by atoms with van der Waals surface area (Å²) in [5.74, 6) is -1.23. The van der Waals surface area contributed by atoms with Crippen molar-refractivity contribution in [1.29, 1.82) is 0 Å². The molecule has 122 valence electrons. The van der Waals surface area contributed by atoms with Gasteiger partial charge in [0.05, 0.1) is 11.1 Å². The highest BCUT2D eigenvalue weighted by molar-refractivity contribution is 6.22. The molecule has 0 unspecified atom stereocenters. The number of anilines is 1. The first-order valence-corrected chi connectivity index (χ1v) is 7.86. The first kappa shape index (κ1) is 15.9. The van der Waals surface area contributed by atoms with Crippen LogP contribution < -0.4 is 5.32 Å². The Balaban J connectivity index is 1.78. The van der Waals surface area contributed by atoms with E-state index in [1.54, 1.807) is 24.3 Å². The van der Waals surface area contributed by atoms with Gasteiger partial charge in [0.15, 0.2) is 0 Å². The van der Waals surface area contributed by atoms with Crippen molar-refractivity contribution in [2.75, 3.05) is 11.9 Å². The molecule has 0 bridgehead atoms. The maximum absolute atomic E-state index is 12.4. The van der Waals surface area contributed by atoms with Gasteiger partial charge >= 0.3 is 0 Å². The van der Waals surface area contributed by atoms with Crippen LogP contribution in [0.3, 0.4) is 0 Å². The minimum atomic E-state index is -0.425. The second-order valence-corrected chi connectivity index (χ2v) is 5.75. The summed E-state index contributed by atoms with van der Waals surface area (Å²) < 4.78 is 0. The van der Waals surface area contributed by atoms with Crippen molar-refractivity contribution in [3.8, 4) is 0 Å². The number of hydrogen-bond donors (Lipinski definition) is 1. The highest BCUT2D eigenvalue weighted by atomic mass is 16.2. The van der Waals surface area contributed by atoms with Crippen molar-refractivity contribution in [3.63, 3.8) is 0 Å². The highest BCUT2D eigenvalue weighted by Crippen LogP contribution is 2.24. The van der Waals surface area contributed by atoms with Gasteiger partial charge in [0.2, 0.25) is 5.91 Å². The maximum atomic E-state index is 12.4. The van der Waals surface area contributed by atoms with E-state index in [1.165, 1.54) is 0 Å². The van der Waals surface area contributed by atoms with Crippen molar-refractivity contribution in [2.24, 2.45) is 0 Å². The lowest BCUT2D eigenvalue weighted by Gasteiger charge is -2.16. The minimum absolute atomic E-state index is 0.288. The van der Waals surface area contributed by atoms with Crippen LogP contribution in [-0.4, -0.2) is 29.2 Å². The van der Waals surface area contributed by atoms with Gasteiger partial charge < -0.3 is 5.32 Å². The van der Waals surface area contributed by atoms with E-state index >= 15 is 0 Å². The molecule has 0 spiro atoms. The monoisotopic (exact) mass is 322 g/mol. The molecule has 5 heteroatoms. The number of fused-ring (bicyclic) bond motifs is 1.